The van der Waals surface area contributed by atoms with Gasteiger partial charge in [-0.15, -0.1) is 0 Å². The number of aromatic nitrogens is 1. The molecule has 1 amide bonds. The number of H-pyrrole nitrogens is 1. The summed E-state index contributed by atoms with van der Waals surface area (Å²) >= 11 is 0. The van der Waals surface area contributed by atoms with Crippen molar-refractivity contribution >= 4 is 22.8 Å². The highest BCUT2D eigenvalue weighted by molar-refractivity contribution is 5.90. The van der Waals surface area contributed by atoms with Crippen LogP contribution in [-0.2, 0) is 22.6 Å². The molecule has 4 rings (SSSR count). The number of carbonyl (C=O) groups excluding carboxylic acids is 2. The van der Waals surface area contributed by atoms with E-state index in [-0.39, 0.29) is 25.3 Å². The molecule has 5 nitrogen and oxygen atoms in total. The smallest absolute Gasteiger partial charge is 0.334 e. The number of para-hydroxylation sites is 1. The molecular formula is C28H29F5N2O3. The van der Waals surface area contributed by atoms with Crippen LogP contribution in [0.3, 0.4) is 0 Å². The molecule has 1 atom stereocenters. The molecule has 204 valence electrons. The normalized spacial score (nSPS) is 15.1. The lowest BCUT2D eigenvalue weighted by Crippen LogP contribution is -2.50. The largest absolute Gasteiger partial charge is 0.418 e. The van der Waals surface area contributed by atoms with Gasteiger partial charge in [-0.25, -0.2) is 18.0 Å². The average Bonchev–Trinajstić information content (AvgIpc) is 3.29. The minimum atomic E-state index is -2.35. The van der Waals surface area contributed by atoms with Gasteiger partial charge in [0.1, 0.15) is 6.04 Å². The van der Waals surface area contributed by atoms with Crippen molar-refractivity contribution in [1.29, 1.82) is 0 Å². The second-order valence-electron chi connectivity index (χ2n) is 9.56. The molecule has 1 aliphatic rings. The van der Waals surface area contributed by atoms with Crippen LogP contribution < -0.4 is 4.74 Å². The maximum absolute atomic E-state index is 14.2. The van der Waals surface area contributed by atoms with E-state index in [1.807, 2.05) is 18.2 Å². The molecule has 0 saturated heterocycles. The van der Waals surface area contributed by atoms with Crippen LogP contribution in [0, 0.1) is 29.1 Å². The number of esters is 1. The van der Waals surface area contributed by atoms with E-state index >= 15 is 0 Å². The quantitative estimate of drug-likeness (QED) is 0.0769. The molecule has 1 aliphatic heterocycles. The summed E-state index contributed by atoms with van der Waals surface area (Å²) in [7, 11) is 0. The zero-order valence-corrected chi connectivity index (χ0v) is 21.0. The summed E-state index contributed by atoms with van der Waals surface area (Å²) in [5, 5.41) is 0.802. The molecule has 0 saturated carbocycles. The maximum atomic E-state index is 14.2. The van der Waals surface area contributed by atoms with E-state index in [0.717, 1.165) is 55.0 Å². The Morgan fingerprint density at radius 2 is 1.50 bits per heavy atom. The van der Waals surface area contributed by atoms with Crippen molar-refractivity contribution in [1.82, 2.24) is 9.88 Å². The number of halogens is 5. The Morgan fingerprint density at radius 3 is 2.18 bits per heavy atom. The van der Waals surface area contributed by atoms with E-state index in [2.05, 4.69) is 11.9 Å². The Kier molecular flexibility index (Phi) is 8.69. The number of aromatic amines is 1. The summed E-state index contributed by atoms with van der Waals surface area (Å²) in [6, 6.07) is 5.97. The van der Waals surface area contributed by atoms with E-state index in [1.54, 1.807) is 6.07 Å². The molecule has 10 heteroatoms. The number of rotatable bonds is 10. The lowest BCUT2D eigenvalue weighted by Gasteiger charge is -2.34. The van der Waals surface area contributed by atoms with Crippen LogP contribution in [0.15, 0.2) is 24.3 Å². The van der Waals surface area contributed by atoms with Gasteiger partial charge < -0.3 is 14.6 Å². The number of nitrogens with one attached hydrogen (secondary N) is 1. The Morgan fingerprint density at radius 1 is 0.895 bits per heavy atom. The van der Waals surface area contributed by atoms with Crippen LogP contribution in [0.5, 0.6) is 5.75 Å². The predicted molar refractivity (Wildman–Crippen MR) is 131 cm³/mol. The van der Waals surface area contributed by atoms with Crippen molar-refractivity contribution in [2.45, 2.75) is 77.3 Å². The third kappa shape index (κ3) is 5.54. The van der Waals surface area contributed by atoms with Crippen LogP contribution in [0.25, 0.3) is 10.9 Å². The second-order valence-corrected chi connectivity index (χ2v) is 9.56. The van der Waals surface area contributed by atoms with Crippen LogP contribution in [0.2, 0.25) is 0 Å². The van der Waals surface area contributed by atoms with Gasteiger partial charge in [0, 0.05) is 29.4 Å². The molecule has 38 heavy (non-hydrogen) atoms. The van der Waals surface area contributed by atoms with E-state index in [9.17, 15) is 31.5 Å². The van der Waals surface area contributed by atoms with Crippen molar-refractivity contribution in [3.63, 3.8) is 0 Å². The summed E-state index contributed by atoms with van der Waals surface area (Å²) in [5.74, 6) is -14.6. The first-order valence-electron chi connectivity index (χ1n) is 12.9. The molecule has 0 fully saturated rings. The molecule has 3 aromatic rings. The van der Waals surface area contributed by atoms with E-state index in [1.165, 1.54) is 4.90 Å². The minimum absolute atomic E-state index is 0.0101. The fourth-order valence-corrected chi connectivity index (χ4v) is 4.90. The molecule has 1 unspecified atom stereocenters. The standard InChI is InChI=1S/C28H29F5N2O3/c1-2-3-4-5-6-7-8-13-21(36)35-15-19-17(16-11-9-10-12-18(16)34-19)14-20(35)28(37)38-27-25(32)23(30)22(29)24(31)26(27)33/h9-12,20,34H,2-8,13-15H2,1H3. The molecule has 2 heterocycles. The van der Waals surface area contributed by atoms with Crippen LogP contribution in [0.1, 0.15) is 69.5 Å². The van der Waals surface area contributed by atoms with Crippen molar-refractivity contribution < 1.29 is 36.3 Å². The predicted octanol–water partition coefficient (Wildman–Crippen LogP) is 6.86. The van der Waals surface area contributed by atoms with Gasteiger partial charge in [0.2, 0.25) is 40.7 Å². The van der Waals surface area contributed by atoms with Crippen molar-refractivity contribution in [3.8, 4) is 5.75 Å². The molecule has 0 radical (unpaired) electrons. The van der Waals surface area contributed by atoms with Crippen molar-refractivity contribution in [2.75, 3.05) is 0 Å². The van der Waals surface area contributed by atoms with Crippen molar-refractivity contribution in [3.05, 3.63) is 64.6 Å². The van der Waals surface area contributed by atoms with Crippen LogP contribution >= 0.6 is 0 Å². The number of hydrogen-bond acceptors (Lipinski definition) is 3. The lowest BCUT2D eigenvalue weighted by atomic mass is 9.96. The first-order valence-corrected chi connectivity index (χ1v) is 12.9. The fraction of sp³-hybridized carbons (Fsp3) is 0.429. The number of nitrogens with zero attached hydrogens (tertiary/aromatic N) is 1. The van der Waals surface area contributed by atoms with E-state index in [0.29, 0.717) is 12.1 Å². The second kappa shape index (κ2) is 12.0. The Hall–Kier alpha value is -3.43. The third-order valence-electron chi connectivity index (χ3n) is 6.96. The first kappa shape index (κ1) is 27.6. The molecule has 0 aliphatic carbocycles. The molecule has 1 aromatic heterocycles. The molecule has 0 bridgehead atoms. The Labute approximate surface area is 217 Å². The number of amides is 1. The highest BCUT2D eigenvalue weighted by Gasteiger charge is 2.39. The van der Waals surface area contributed by atoms with E-state index in [4.69, 9.17) is 4.74 Å². The van der Waals surface area contributed by atoms with E-state index < -0.39 is 46.8 Å². The maximum Gasteiger partial charge on any atom is 0.334 e. The van der Waals surface area contributed by atoms with Gasteiger partial charge in [-0.1, -0.05) is 63.6 Å². The first-order chi connectivity index (χ1) is 18.2. The van der Waals surface area contributed by atoms with Gasteiger partial charge in [0.25, 0.3) is 0 Å². The van der Waals surface area contributed by atoms with Crippen LogP contribution in [0.4, 0.5) is 22.0 Å². The highest BCUT2D eigenvalue weighted by Crippen LogP contribution is 2.33. The van der Waals surface area contributed by atoms with Gasteiger partial charge in [0.15, 0.2) is 0 Å². The number of fused-ring (bicyclic) bond motifs is 3. The summed E-state index contributed by atoms with van der Waals surface area (Å²) < 4.78 is 74.0. The minimum Gasteiger partial charge on any atom is -0.418 e. The van der Waals surface area contributed by atoms with Gasteiger partial charge in [-0.3, -0.25) is 4.79 Å². The summed E-state index contributed by atoms with van der Waals surface area (Å²) in [6.45, 7) is 2.14. The Balaban J connectivity index is 1.56. The summed E-state index contributed by atoms with van der Waals surface area (Å²) in [6.07, 6.45) is 7.00. The highest BCUT2D eigenvalue weighted by atomic mass is 19.2. The van der Waals surface area contributed by atoms with Crippen LogP contribution in [-0.4, -0.2) is 27.8 Å². The molecule has 2 aromatic carbocycles. The number of ether oxygens (including phenoxy) is 1. The SMILES string of the molecule is CCCCCCCCCC(=O)N1Cc2[nH]c3ccccc3c2CC1C(=O)Oc1c(F)c(F)c(F)c(F)c1F. The Bertz CT molecular complexity index is 1310. The van der Waals surface area contributed by atoms with Crippen molar-refractivity contribution in [2.24, 2.45) is 0 Å². The number of hydrogen-bond donors (Lipinski definition) is 1. The van der Waals surface area contributed by atoms with Gasteiger partial charge in [-0.2, -0.15) is 8.78 Å². The summed E-state index contributed by atoms with van der Waals surface area (Å²) in [4.78, 5) is 30.8. The number of carbonyl (C=O) groups is 2. The zero-order valence-electron chi connectivity index (χ0n) is 21.0. The average molecular weight is 537 g/mol. The summed E-state index contributed by atoms with van der Waals surface area (Å²) in [5.41, 5.74) is 2.21. The lowest BCUT2D eigenvalue weighted by molar-refractivity contribution is -0.149. The monoisotopic (exact) mass is 536 g/mol. The van der Waals surface area contributed by atoms with Gasteiger partial charge in [0.05, 0.1) is 6.54 Å². The van der Waals surface area contributed by atoms with Gasteiger partial charge >= 0.3 is 5.97 Å². The van der Waals surface area contributed by atoms with Gasteiger partial charge in [-0.05, 0) is 18.1 Å². The topological polar surface area (TPSA) is 62.4 Å². The molecule has 1 N–H and O–H groups in total. The molecular weight excluding hydrogens is 507 g/mol. The number of unbranched alkanes of at least 4 members (excludes halogenated alkanes) is 6. The zero-order chi connectivity index (χ0) is 27.4. The number of benzene rings is 2. The molecule has 0 spiro atoms. The fourth-order valence-electron chi connectivity index (χ4n) is 4.90. The third-order valence-corrected chi connectivity index (χ3v) is 6.96.